The molecule has 0 aromatic carbocycles. The largest absolute Gasteiger partial charge is 0.492 e. The maximum atomic E-state index is 15.4. The van der Waals surface area contributed by atoms with Gasteiger partial charge in [-0.2, -0.15) is 0 Å². The molecule has 27 heavy (non-hydrogen) atoms. The molecular formula is C17H16Cl3FN2O4. The average molecular weight is 438 g/mol. The van der Waals surface area contributed by atoms with E-state index in [2.05, 4.69) is 15.0 Å². The summed E-state index contributed by atoms with van der Waals surface area (Å²) in [6.45, 7) is 3.05. The van der Waals surface area contributed by atoms with Gasteiger partial charge in [-0.25, -0.2) is 14.2 Å². The summed E-state index contributed by atoms with van der Waals surface area (Å²) in [5.41, 5.74) is -0.201. The molecule has 0 radical (unpaired) electrons. The summed E-state index contributed by atoms with van der Waals surface area (Å²) in [7, 11) is 1.14. The Morgan fingerprint density at radius 1 is 1.41 bits per heavy atom. The minimum Gasteiger partial charge on any atom is -0.492 e. The van der Waals surface area contributed by atoms with Crippen LogP contribution in [-0.4, -0.2) is 35.7 Å². The fourth-order valence-corrected chi connectivity index (χ4v) is 3.37. The number of methoxy groups -OCH3 is 1. The molecule has 0 bridgehead atoms. The third-order valence-corrected chi connectivity index (χ3v) is 4.71. The molecule has 0 saturated carbocycles. The Labute approximate surface area is 170 Å². The average Bonchev–Trinajstić information content (AvgIpc) is 2.59. The van der Waals surface area contributed by atoms with Crippen LogP contribution in [0.1, 0.15) is 35.9 Å². The molecule has 2 unspecified atom stereocenters. The maximum Gasteiger partial charge on any atom is 0.358 e. The van der Waals surface area contributed by atoms with E-state index in [0.29, 0.717) is 0 Å². The van der Waals surface area contributed by atoms with Crippen LogP contribution in [-0.2, 0) is 14.3 Å². The number of carbonyl (C=O) groups excluding carboxylic acids is 2. The number of nitrogens with zero attached hydrogens (tertiary/aromatic N) is 1. The van der Waals surface area contributed by atoms with Crippen molar-refractivity contribution in [3.8, 4) is 0 Å². The number of alkyl halides is 2. The third kappa shape index (κ3) is 4.36. The molecule has 2 rings (SSSR count). The first-order valence-electron chi connectivity index (χ1n) is 7.78. The molecule has 1 aliphatic rings. The number of hydrogen-bond acceptors (Lipinski definition) is 5. The summed E-state index contributed by atoms with van der Waals surface area (Å²) in [6.07, 6.45) is 2.80. The number of allylic oxidation sites excluding steroid dienone is 4. The number of hydrogen-bond donors (Lipinski definition) is 1. The SMILES string of the molecule is CCOC1=C(Cl)C=CC(c2cc(NC(C)=O)c(Cl)c(C(=O)OC)n2)C1(F)Cl. The third-order valence-electron chi connectivity index (χ3n) is 3.62. The van der Waals surface area contributed by atoms with Gasteiger partial charge in [-0.05, 0) is 19.1 Å². The van der Waals surface area contributed by atoms with Gasteiger partial charge in [0.05, 0.1) is 41.1 Å². The van der Waals surface area contributed by atoms with Crippen molar-refractivity contribution in [1.82, 2.24) is 4.98 Å². The van der Waals surface area contributed by atoms with Crippen molar-refractivity contribution in [3.63, 3.8) is 0 Å². The second-order valence-corrected chi connectivity index (χ2v) is 6.84. The van der Waals surface area contributed by atoms with Crippen molar-refractivity contribution in [1.29, 1.82) is 0 Å². The Bertz CT molecular complexity index is 840. The molecule has 10 heteroatoms. The van der Waals surface area contributed by atoms with E-state index in [1.165, 1.54) is 25.1 Å². The molecular weight excluding hydrogens is 422 g/mol. The van der Waals surface area contributed by atoms with Gasteiger partial charge >= 0.3 is 5.97 Å². The second-order valence-electron chi connectivity index (χ2n) is 5.50. The highest BCUT2D eigenvalue weighted by Crippen LogP contribution is 2.48. The minimum absolute atomic E-state index is 0.00911. The lowest BCUT2D eigenvalue weighted by atomic mass is 9.92. The number of carbonyl (C=O) groups is 2. The van der Waals surface area contributed by atoms with E-state index in [9.17, 15) is 9.59 Å². The summed E-state index contributed by atoms with van der Waals surface area (Å²) in [6, 6.07) is 1.32. The number of anilines is 1. The Balaban J connectivity index is 2.62. The van der Waals surface area contributed by atoms with Crippen molar-refractivity contribution in [3.05, 3.63) is 45.4 Å². The van der Waals surface area contributed by atoms with Gasteiger partial charge in [0.25, 0.3) is 5.13 Å². The van der Waals surface area contributed by atoms with Crippen molar-refractivity contribution < 1.29 is 23.5 Å². The Morgan fingerprint density at radius 2 is 2.07 bits per heavy atom. The van der Waals surface area contributed by atoms with E-state index in [4.69, 9.17) is 39.5 Å². The molecule has 1 aromatic heterocycles. The predicted molar refractivity (Wildman–Crippen MR) is 101 cm³/mol. The lowest BCUT2D eigenvalue weighted by Crippen LogP contribution is -2.32. The van der Waals surface area contributed by atoms with E-state index in [1.807, 2.05) is 0 Å². The van der Waals surface area contributed by atoms with E-state index < -0.39 is 22.9 Å². The number of rotatable bonds is 5. The molecule has 0 saturated heterocycles. The summed E-state index contributed by atoms with van der Waals surface area (Å²) in [5.74, 6) is -2.74. The van der Waals surface area contributed by atoms with Gasteiger partial charge in [-0.1, -0.05) is 40.9 Å². The topological polar surface area (TPSA) is 77.5 Å². The number of nitrogens with one attached hydrogen (secondary N) is 1. The number of halogens is 4. The molecule has 1 aromatic rings. The van der Waals surface area contributed by atoms with Crippen molar-refractivity contribution in [2.45, 2.75) is 24.9 Å². The smallest absolute Gasteiger partial charge is 0.358 e. The van der Waals surface area contributed by atoms with Crippen LogP contribution in [0.15, 0.2) is 29.0 Å². The molecule has 0 spiro atoms. The van der Waals surface area contributed by atoms with E-state index in [0.717, 1.165) is 7.11 Å². The predicted octanol–water partition coefficient (Wildman–Crippen LogP) is 4.52. The van der Waals surface area contributed by atoms with Gasteiger partial charge in [0, 0.05) is 6.92 Å². The molecule has 146 valence electrons. The number of pyridine rings is 1. The highest BCUT2D eigenvalue weighted by molar-refractivity contribution is 6.36. The highest BCUT2D eigenvalue weighted by atomic mass is 35.5. The van der Waals surface area contributed by atoms with Crippen LogP contribution >= 0.6 is 34.8 Å². The summed E-state index contributed by atoms with van der Waals surface area (Å²) in [4.78, 5) is 27.5. The second kappa shape index (κ2) is 8.46. The van der Waals surface area contributed by atoms with Crippen LogP contribution < -0.4 is 5.32 Å². The van der Waals surface area contributed by atoms with Gasteiger partial charge in [-0.3, -0.25) is 4.79 Å². The number of ether oxygens (including phenoxy) is 2. The van der Waals surface area contributed by atoms with Gasteiger partial charge < -0.3 is 14.8 Å². The lowest BCUT2D eigenvalue weighted by molar-refractivity contribution is -0.114. The number of esters is 1. The zero-order valence-corrected chi connectivity index (χ0v) is 16.9. The normalized spacial score (nSPS) is 21.8. The highest BCUT2D eigenvalue weighted by Gasteiger charge is 2.47. The quantitative estimate of drug-likeness (QED) is 0.541. The van der Waals surface area contributed by atoms with Crippen molar-refractivity contribution in [2.75, 3.05) is 19.0 Å². The molecule has 2 atom stereocenters. The summed E-state index contributed by atoms with van der Waals surface area (Å²) < 4.78 is 25.3. The molecule has 1 N–H and O–H groups in total. The summed E-state index contributed by atoms with van der Waals surface area (Å²) in [5, 5.41) is -0.231. The zero-order chi connectivity index (χ0) is 20.4. The Morgan fingerprint density at radius 3 is 2.63 bits per heavy atom. The van der Waals surface area contributed by atoms with Crippen LogP contribution in [0.3, 0.4) is 0 Å². The lowest BCUT2D eigenvalue weighted by Gasteiger charge is -2.31. The van der Waals surface area contributed by atoms with Crippen LogP contribution in [0.2, 0.25) is 5.02 Å². The Hall–Kier alpha value is -1.83. The van der Waals surface area contributed by atoms with E-state index >= 15 is 4.39 Å². The molecule has 6 nitrogen and oxygen atoms in total. The number of aromatic nitrogens is 1. The molecule has 1 amide bonds. The first-order valence-corrected chi connectivity index (χ1v) is 8.92. The van der Waals surface area contributed by atoms with E-state index in [1.54, 1.807) is 6.92 Å². The standard InChI is InChI=1S/C17H16Cl3FN2O4/c1-4-27-15-10(18)6-5-9(17(15,20)21)11-7-12(22-8(2)24)13(19)14(23-11)16(25)26-3/h5-7,9H,4H2,1-3H3,(H,22,23,24). The van der Waals surface area contributed by atoms with Crippen LogP contribution in [0, 0.1) is 0 Å². The monoisotopic (exact) mass is 436 g/mol. The van der Waals surface area contributed by atoms with Gasteiger partial charge in [0.15, 0.2) is 11.5 Å². The fraction of sp³-hybridized carbons (Fsp3) is 0.353. The first kappa shape index (κ1) is 21.5. The molecule has 0 aliphatic heterocycles. The summed E-state index contributed by atoms with van der Waals surface area (Å²) >= 11 is 18.2. The molecule has 0 fully saturated rings. The minimum atomic E-state index is -2.57. The zero-order valence-electron chi connectivity index (χ0n) is 14.6. The van der Waals surface area contributed by atoms with Crippen LogP contribution in [0.25, 0.3) is 0 Å². The van der Waals surface area contributed by atoms with Crippen molar-refractivity contribution >= 4 is 52.4 Å². The van der Waals surface area contributed by atoms with Gasteiger partial charge in [0.1, 0.15) is 0 Å². The Kier molecular flexibility index (Phi) is 6.72. The maximum absolute atomic E-state index is 15.4. The van der Waals surface area contributed by atoms with E-state index in [-0.39, 0.29) is 39.5 Å². The molecule has 1 aliphatic carbocycles. The van der Waals surface area contributed by atoms with Gasteiger partial charge in [-0.15, -0.1) is 0 Å². The van der Waals surface area contributed by atoms with Crippen LogP contribution in [0.5, 0.6) is 0 Å². The fourth-order valence-electron chi connectivity index (χ4n) is 2.49. The van der Waals surface area contributed by atoms with Gasteiger partial charge in [0.2, 0.25) is 5.91 Å². The van der Waals surface area contributed by atoms with Crippen LogP contribution in [0.4, 0.5) is 10.1 Å². The molecule has 1 heterocycles. The number of amides is 1. The first-order chi connectivity index (χ1) is 12.6. The van der Waals surface area contributed by atoms with Crippen molar-refractivity contribution in [2.24, 2.45) is 0 Å².